The van der Waals surface area contributed by atoms with Gasteiger partial charge < -0.3 is 20.1 Å². The molecule has 1 heterocycles. The van der Waals surface area contributed by atoms with Gasteiger partial charge in [-0.05, 0) is 36.2 Å². The minimum atomic E-state index is -0.138. The number of nitrogens with one attached hydrogen (secondary N) is 2. The molecule has 0 radical (unpaired) electrons. The van der Waals surface area contributed by atoms with E-state index in [0.717, 1.165) is 11.4 Å². The van der Waals surface area contributed by atoms with Gasteiger partial charge in [-0.2, -0.15) is 0 Å². The van der Waals surface area contributed by atoms with Gasteiger partial charge in [0.1, 0.15) is 5.82 Å². The fraction of sp³-hybridized carbons (Fsp3) is 0.294. The molecule has 23 heavy (non-hydrogen) atoms. The van der Waals surface area contributed by atoms with Crippen LogP contribution in [0.4, 0.5) is 5.82 Å². The first-order chi connectivity index (χ1) is 11.2. The molecule has 0 aliphatic heterocycles. The largest absolute Gasteiger partial charge is 0.493 e. The van der Waals surface area contributed by atoms with Crippen molar-refractivity contribution in [2.45, 2.75) is 6.42 Å². The standard InChI is InChI=1S/C17H21N3O3/c1-18-16-7-5-13(11-20-16)17(21)19-9-8-12-4-6-14(22-2)15(10-12)23-3/h4-7,10-11H,8-9H2,1-3H3,(H,18,20)(H,19,21). The molecule has 1 amide bonds. The van der Waals surface area contributed by atoms with Crippen LogP contribution in [-0.4, -0.2) is 38.7 Å². The van der Waals surface area contributed by atoms with Crippen LogP contribution in [0, 0.1) is 0 Å². The highest BCUT2D eigenvalue weighted by atomic mass is 16.5. The molecule has 6 heteroatoms. The summed E-state index contributed by atoms with van der Waals surface area (Å²) in [4.78, 5) is 16.2. The molecule has 6 nitrogen and oxygen atoms in total. The topological polar surface area (TPSA) is 72.5 Å². The molecule has 2 aromatic rings. The van der Waals surface area contributed by atoms with Crippen molar-refractivity contribution in [3.63, 3.8) is 0 Å². The number of amides is 1. The van der Waals surface area contributed by atoms with Crippen LogP contribution in [0.25, 0.3) is 0 Å². The summed E-state index contributed by atoms with van der Waals surface area (Å²) >= 11 is 0. The number of carbonyl (C=O) groups excluding carboxylic acids is 1. The summed E-state index contributed by atoms with van der Waals surface area (Å²) < 4.78 is 10.5. The lowest BCUT2D eigenvalue weighted by Gasteiger charge is -2.10. The molecule has 1 aromatic carbocycles. The molecule has 2 N–H and O–H groups in total. The van der Waals surface area contributed by atoms with Crippen LogP contribution in [0.1, 0.15) is 15.9 Å². The van der Waals surface area contributed by atoms with E-state index in [1.165, 1.54) is 0 Å². The molecule has 0 fully saturated rings. The number of hydrogen-bond donors (Lipinski definition) is 2. The Balaban J connectivity index is 1.90. The smallest absolute Gasteiger partial charge is 0.252 e. The summed E-state index contributed by atoms with van der Waals surface area (Å²) in [5.74, 6) is 1.96. The zero-order valence-corrected chi connectivity index (χ0v) is 13.6. The minimum Gasteiger partial charge on any atom is -0.493 e. The molecule has 0 aliphatic carbocycles. The van der Waals surface area contributed by atoms with Gasteiger partial charge in [-0.15, -0.1) is 0 Å². The third-order valence-electron chi connectivity index (χ3n) is 3.43. The van der Waals surface area contributed by atoms with Crippen LogP contribution < -0.4 is 20.1 Å². The van der Waals surface area contributed by atoms with E-state index in [1.54, 1.807) is 39.6 Å². The molecule has 0 atom stereocenters. The molecular formula is C17H21N3O3. The Morgan fingerprint density at radius 2 is 1.91 bits per heavy atom. The first-order valence-corrected chi connectivity index (χ1v) is 7.31. The Labute approximate surface area is 135 Å². The second-order valence-electron chi connectivity index (χ2n) is 4.88. The van der Waals surface area contributed by atoms with E-state index in [0.29, 0.717) is 30.0 Å². The second-order valence-corrected chi connectivity index (χ2v) is 4.88. The van der Waals surface area contributed by atoms with Crippen molar-refractivity contribution in [2.24, 2.45) is 0 Å². The summed E-state index contributed by atoms with van der Waals surface area (Å²) in [5.41, 5.74) is 1.60. The number of carbonyl (C=O) groups is 1. The van der Waals surface area contributed by atoms with Crippen molar-refractivity contribution in [1.29, 1.82) is 0 Å². The molecule has 0 aliphatic rings. The van der Waals surface area contributed by atoms with Crippen LogP contribution in [0.15, 0.2) is 36.5 Å². The number of hydrogen-bond acceptors (Lipinski definition) is 5. The molecular weight excluding hydrogens is 294 g/mol. The van der Waals surface area contributed by atoms with Gasteiger partial charge in [0.2, 0.25) is 0 Å². The Kier molecular flexibility index (Phi) is 5.80. The molecule has 0 unspecified atom stereocenters. The van der Waals surface area contributed by atoms with Crippen molar-refractivity contribution < 1.29 is 14.3 Å². The molecule has 122 valence electrons. The van der Waals surface area contributed by atoms with E-state index in [2.05, 4.69) is 15.6 Å². The second kappa shape index (κ2) is 8.03. The van der Waals surface area contributed by atoms with Crippen LogP contribution >= 0.6 is 0 Å². The lowest BCUT2D eigenvalue weighted by Crippen LogP contribution is -2.25. The Hall–Kier alpha value is -2.76. The lowest BCUT2D eigenvalue weighted by atomic mass is 10.1. The number of rotatable bonds is 7. The van der Waals surface area contributed by atoms with Gasteiger partial charge in [-0.1, -0.05) is 6.07 Å². The van der Waals surface area contributed by atoms with E-state index >= 15 is 0 Å². The summed E-state index contributed by atoms with van der Waals surface area (Å²) in [6, 6.07) is 9.23. The van der Waals surface area contributed by atoms with Gasteiger partial charge in [0.25, 0.3) is 5.91 Å². The quantitative estimate of drug-likeness (QED) is 0.819. The van der Waals surface area contributed by atoms with Gasteiger partial charge in [-0.25, -0.2) is 4.98 Å². The van der Waals surface area contributed by atoms with Crippen molar-refractivity contribution in [3.05, 3.63) is 47.7 Å². The van der Waals surface area contributed by atoms with Gasteiger partial charge in [-0.3, -0.25) is 4.79 Å². The number of methoxy groups -OCH3 is 2. The first kappa shape index (κ1) is 16.6. The molecule has 0 saturated carbocycles. The fourth-order valence-electron chi connectivity index (χ4n) is 2.13. The zero-order valence-electron chi connectivity index (χ0n) is 13.6. The maximum atomic E-state index is 12.0. The Bertz CT molecular complexity index is 657. The van der Waals surface area contributed by atoms with E-state index < -0.39 is 0 Å². The SMILES string of the molecule is CNc1ccc(C(=O)NCCc2ccc(OC)c(OC)c2)cn1. The van der Waals surface area contributed by atoms with Crippen LogP contribution in [0.2, 0.25) is 0 Å². The van der Waals surface area contributed by atoms with Gasteiger partial charge >= 0.3 is 0 Å². The average molecular weight is 315 g/mol. The number of anilines is 1. The number of pyridine rings is 1. The molecule has 0 spiro atoms. The maximum Gasteiger partial charge on any atom is 0.252 e. The number of nitrogens with zero attached hydrogens (tertiary/aromatic N) is 1. The van der Waals surface area contributed by atoms with Gasteiger partial charge in [0, 0.05) is 19.8 Å². The number of aromatic nitrogens is 1. The third kappa shape index (κ3) is 4.35. The maximum absolute atomic E-state index is 12.0. The molecule has 0 saturated heterocycles. The van der Waals surface area contributed by atoms with Gasteiger partial charge in [0.05, 0.1) is 19.8 Å². The predicted molar refractivity (Wildman–Crippen MR) is 89.4 cm³/mol. The molecule has 0 bridgehead atoms. The average Bonchev–Trinajstić information content (AvgIpc) is 2.61. The summed E-state index contributed by atoms with van der Waals surface area (Å²) in [5, 5.41) is 5.79. The molecule has 2 rings (SSSR count). The third-order valence-corrected chi connectivity index (χ3v) is 3.43. The lowest BCUT2D eigenvalue weighted by molar-refractivity contribution is 0.0954. The number of ether oxygens (including phenoxy) is 2. The van der Waals surface area contributed by atoms with Gasteiger partial charge in [0.15, 0.2) is 11.5 Å². The highest BCUT2D eigenvalue weighted by Crippen LogP contribution is 2.27. The highest BCUT2D eigenvalue weighted by Gasteiger charge is 2.07. The minimum absolute atomic E-state index is 0.138. The zero-order chi connectivity index (χ0) is 16.7. The summed E-state index contributed by atoms with van der Waals surface area (Å²) in [6.45, 7) is 0.530. The highest BCUT2D eigenvalue weighted by molar-refractivity contribution is 5.94. The summed E-state index contributed by atoms with van der Waals surface area (Å²) in [7, 11) is 4.99. The monoisotopic (exact) mass is 315 g/mol. The molecule has 1 aromatic heterocycles. The van der Waals surface area contributed by atoms with Crippen LogP contribution in [-0.2, 0) is 6.42 Å². The Morgan fingerprint density at radius 1 is 1.13 bits per heavy atom. The van der Waals surface area contributed by atoms with E-state index in [-0.39, 0.29) is 5.91 Å². The van der Waals surface area contributed by atoms with Crippen molar-refractivity contribution in [3.8, 4) is 11.5 Å². The van der Waals surface area contributed by atoms with Crippen LogP contribution in [0.3, 0.4) is 0 Å². The first-order valence-electron chi connectivity index (χ1n) is 7.31. The van der Waals surface area contributed by atoms with Crippen molar-refractivity contribution in [1.82, 2.24) is 10.3 Å². The normalized spacial score (nSPS) is 10.0. The van der Waals surface area contributed by atoms with E-state index in [4.69, 9.17) is 9.47 Å². The van der Waals surface area contributed by atoms with E-state index in [9.17, 15) is 4.79 Å². The van der Waals surface area contributed by atoms with E-state index in [1.807, 2.05) is 18.2 Å². The van der Waals surface area contributed by atoms with Crippen molar-refractivity contribution in [2.75, 3.05) is 33.1 Å². The predicted octanol–water partition coefficient (Wildman–Crippen LogP) is 2.11. The summed E-state index contributed by atoms with van der Waals surface area (Å²) in [6.07, 6.45) is 2.26. The number of benzene rings is 1. The Morgan fingerprint density at radius 3 is 2.52 bits per heavy atom. The fourth-order valence-corrected chi connectivity index (χ4v) is 2.13. The van der Waals surface area contributed by atoms with Crippen LogP contribution in [0.5, 0.6) is 11.5 Å². The van der Waals surface area contributed by atoms with Crippen molar-refractivity contribution >= 4 is 11.7 Å².